The standard InChI is InChI=1S/C14H10OSe/c1-9(15)10-6-4-7-12-11-5-2-3-8-13(11)16-14(10)12/h2-8H,1H3. The number of rotatable bonds is 1. The van der Waals surface area contributed by atoms with Crippen LogP contribution in [0, 0.1) is 0 Å². The van der Waals surface area contributed by atoms with Gasteiger partial charge in [0.25, 0.3) is 0 Å². The van der Waals surface area contributed by atoms with Crippen LogP contribution in [0.2, 0.25) is 0 Å². The molecular weight excluding hydrogens is 263 g/mol. The van der Waals surface area contributed by atoms with E-state index in [0.29, 0.717) is 0 Å². The third kappa shape index (κ3) is 1.35. The van der Waals surface area contributed by atoms with Crippen LogP contribution < -0.4 is 0 Å². The van der Waals surface area contributed by atoms with Crippen molar-refractivity contribution in [1.29, 1.82) is 0 Å². The molecule has 0 aliphatic carbocycles. The molecule has 2 aromatic carbocycles. The molecule has 0 atom stereocenters. The van der Waals surface area contributed by atoms with Crippen LogP contribution in [-0.2, 0) is 0 Å². The van der Waals surface area contributed by atoms with Crippen molar-refractivity contribution in [2.45, 2.75) is 6.92 Å². The summed E-state index contributed by atoms with van der Waals surface area (Å²) in [5, 5.41) is 2.56. The van der Waals surface area contributed by atoms with Gasteiger partial charge in [-0.1, -0.05) is 0 Å². The number of ketones is 1. The van der Waals surface area contributed by atoms with Crippen molar-refractivity contribution in [3.63, 3.8) is 0 Å². The van der Waals surface area contributed by atoms with Crippen molar-refractivity contribution in [3.8, 4) is 0 Å². The number of benzene rings is 2. The van der Waals surface area contributed by atoms with E-state index in [1.54, 1.807) is 6.92 Å². The maximum atomic E-state index is 11.6. The van der Waals surface area contributed by atoms with E-state index in [9.17, 15) is 4.79 Å². The number of Topliss-reactive ketones (excluding diaryl/α,β-unsaturated/α-hetero) is 1. The normalized spacial score (nSPS) is 11.1. The number of hydrogen-bond acceptors (Lipinski definition) is 1. The summed E-state index contributed by atoms with van der Waals surface area (Å²) in [7, 11) is 0. The van der Waals surface area contributed by atoms with E-state index in [0.717, 1.165) is 5.56 Å². The van der Waals surface area contributed by atoms with Crippen molar-refractivity contribution >= 4 is 39.6 Å². The van der Waals surface area contributed by atoms with E-state index < -0.39 is 0 Å². The van der Waals surface area contributed by atoms with Crippen molar-refractivity contribution in [2.75, 3.05) is 0 Å². The van der Waals surface area contributed by atoms with E-state index in [1.165, 1.54) is 19.3 Å². The summed E-state index contributed by atoms with van der Waals surface area (Å²) in [6.45, 7) is 1.65. The SMILES string of the molecule is CC(=O)c1cccc2c1[se]c1ccccc12. The second-order valence-electron chi connectivity index (χ2n) is 3.84. The van der Waals surface area contributed by atoms with Crippen LogP contribution in [0.4, 0.5) is 0 Å². The Bertz CT molecular complexity index is 694. The molecule has 0 aliphatic heterocycles. The van der Waals surface area contributed by atoms with Gasteiger partial charge in [-0.15, -0.1) is 0 Å². The van der Waals surface area contributed by atoms with Crippen LogP contribution in [0.15, 0.2) is 42.5 Å². The predicted octanol–water partition coefficient (Wildman–Crippen LogP) is 3.25. The van der Waals surface area contributed by atoms with Crippen molar-refractivity contribution in [2.24, 2.45) is 0 Å². The fraction of sp³-hybridized carbons (Fsp3) is 0.0714. The monoisotopic (exact) mass is 274 g/mol. The van der Waals surface area contributed by atoms with Gasteiger partial charge in [-0.2, -0.15) is 0 Å². The molecule has 1 nitrogen and oxygen atoms in total. The Hall–Kier alpha value is -1.37. The summed E-state index contributed by atoms with van der Waals surface area (Å²) in [5.74, 6) is 0.173. The Morgan fingerprint density at radius 3 is 2.56 bits per heavy atom. The molecule has 1 aromatic heterocycles. The van der Waals surface area contributed by atoms with Gasteiger partial charge in [-0.25, -0.2) is 0 Å². The third-order valence-corrected chi connectivity index (χ3v) is 5.34. The Morgan fingerprint density at radius 2 is 1.75 bits per heavy atom. The molecule has 0 bridgehead atoms. The Morgan fingerprint density at radius 1 is 1.00 bits per heavy atom. The maximum absolute atomic E-state index is 11.6. The fourth-order valence-corrected chi connectivity index (χ4v) is 4.68. The summed E-state index contributed by atoms with van der Waals surface area (Å²) < 4.78 is 2.64. The van der Waals surface area contributed by atoms with Crippen molar-refractivity contribution < 1.29 is 4.79 Å². The summed E-state index contributed by atoms with van der Waals surface area (Å²) in [6.07, 6.45) is 0. The zero-order valence-corrected chi connectivity index (χ0v) is 10.6. The molecule has 0 fully saturated rings. The second-order valence-corrected chi connectivity index (χ2v) is 6.04. The number of carbonyl (C=O) groups excluding carboxylic acids is 1. The minimum absolute atomic E-state index is 0.173. The number of hydrogen-bond donors (Lipinski definition) is 0. The first-order valence-corrected chi connectivity index (χ1v) is 6.90. The molecule has 3 aromatic rings. The zero-order valence-electron chi connectivity index (χ0n) is 8.86. The molecule has 16 heavy (non-hydrogen) atoms. The molecule has 0 N–H and O–H groups in total. The van der Waals surface area contributed by atoms with Crippen LogP contribution in [0.3, 0.4) is 0 Å². The van der Waals surface area contributed by atoms with Gasteiger partial charge in [0.1, 0.15) is 0 Å². The van der Waals surface area contributed by atoms with Gasteiger partial charge >= 0.3 is 99.3 Å². The molecule has 0 saturated heterocycles. The van der Waals surface area contributed by atoms with Crippen molar-refractivity contribution in [3.05, 3.63) is 48.0 Å². The van der Waals surface area contributed by atoms with E-state index in [-0.39, 0.29) is 20.3 Å². The van der Waals surface area contributed by atoms with E-state index in [1.807, 2.05) is 12.1 Å². The fourth-order valence-electron chi connectivity index (χ4n) is 2.02. The molecule has 0 aliphatic rings. The first-order valence-electron chi connectivity index (χ1n) is 5.18. The van der Waals surface area contributed by atoms with Gasteiger partial charge in [0.15, 0.2) is 0 Å². The molecule has 0 unspecified atom stereocenters. The molecule has 0 spiro atoms. The molecule has 78 valence electrons. The minimum atomic E-state index is 0.173. The van der Waals surface area contributed by atoms with Gasteiger partial charge in [0.2, 0.25) is 0 Å². The average molecular weight is 273 g/mol. The van der Waals surface area contributed by atoms with Crippen LogP contribution in [-0.4, -0.2) is 20.3 Å². The van der Waals surface area contributed by atoms with E-state index in [4.69, 9.17) is 0 Å². The predicted molar refractivity (Wildman–Crippen MR) is 68.4 cm³/mol. The summed E-state index contributed by atoms with van der Waals surface area (Å²) in [4.78, 5) is 11.6. The van der Waals surface area contributed by atoms with Gasteiger partial charge < -0.3 is 0 Å². The third-order valence-electron chi connectivity index (χ3n) is 2.78. The number of carbonyl (C=O) groups is 1. The molecule has 0 amide bonds. The van der Waals surface area contributed by atoms with Gasteiger partial charge in [0, 0.05) is 0 Å². The van der Waals surface area contributed by atoms with Gasteiger partial charge in [-0.05, 0) is 0 Å². The Labute approximate surface area is 99.4 Å². The summed E-state index contributed by atoms with van der Waals surface area (Å²) in [5.41, 5.74) is 0.897. The molecule has 0 saturated carbocycles. The molecular formula is C14H10OSe. The van der Waals surface area contributed by atoms with Crippen LogP contribution in [0.25, 0.3) is 19.3 Å². The molecule has 0 radical (unpaired) electrons. The number of fused-ring (bicyclic) bond motifs is 3. The average Bonchev–Trinajstić information content (AvgIpc) is 2.67. The zero-order chi connectivity index (χ0) is 11.1. The molecule has 3 rings (SSSR count). The summed E-state index contributed by atoms with van der Waals surface area (Å²) >= 11 is 0.286. The quantitative estimate of drug-likeness (QED) is 0.491. The van der Waals surface area contributed by atoms with Crippen LogP contribution in [0.5, 0.6) is 0 Å². The van der Waals surface area contributed by atoms with Crippen LogP contribution >= 0.6 is 0 Å². The second kappa shape index (κ2) is 3.58. The van der Waals surface area contributed by atoms with E-state index >= 15 is 0 Å². The van der Waals surface area contributed by atoms with Crippen molar-refractivity contribution in [1.82, 2.24) is 0 Å². The first-order chi connectivity index (χ1) is 7.77. The molecule has 1 heterocycles. The van der Waals surface area contributed by atoms with Gasteiger partial charge in [0.05, 0.1) is 0 Å². The Kier molecular flexibility index (Phi) is 2.20. The van der Waals surface area contributed by atoms with Crippen LogP contribution in [0.1, 0.15) is 17.3 Å². The molecule has 2 heteroatoms. The summed E-state index contributed by atoms with van der Waals surface area (Å²) in [6, 6.07) is 14.5. The first kappa shape index (κ1) is 9.83. The van der Waals surface area contributed by atoms with E-state index in [2.05, 4.69) is 30.3 Å². The Balaban J connectivity index is 2.54. The topological polar surface area (TPSA) is 17.1 Å². The van der Waals surface area contributed by atoms with Gasteiger partial charge in [-0.3, -0.25) is 0 Å².